The second-order valence-corrected chi connectivity index (χ2v) is 21.1. The molecular weight excluding hydrogens is 1000 g/mol. The predicted octanol–water partition coefficient (Wildman–Crippen LogP) is 11.7. The summed E-state index contributed by atoms with van der Waals surface area (Å²) in [4.78, 5) is 34.2. The molecule has 4 heterocycles. The van der Waals surface area contributed by atoms with Gasteiger partial charge in [-0.25, -0.2) is 4.99 Å². The van der Waals surface area contributed by atoms with E-state index in [2.05, 4.69) is 70.6 Å². The Kier molecular flexibility index (Phi) is 13.0. The molecule has 1 saturated heterocycles. The summed E-state index contributed by atoms with van der Waals surface area (Å²) >= 11 is 17.4. The van der Waals surface area contributed by atoms with Crippen molar-refractivity contribution in [1.82, 2.24) is 15.5 Å². The van der Waals surface area contributed by atoms with Crippen LogP contribution >= 0.6 is 71.8 Å². The summed E-state index contributed by atoms with van der Waals surface area (Å²) in [7, 11) is 0. The number of ether oxygens (including phenoxy) is 2. The topological polar surface area (TPSA) is 92.3 Å². The number of carbonyl (C=O) groups excluding carboxylic acids is 2. The standard InChI is InChI=1S/C27H29BrN2O2S.C17H13BrN2O2S.C4H7Br/c28-21-10-11-23-22(16-21)27(17-24(32-23)20-4-2-1-3-5-20)25(31)30(14-12-18-6-7-18)26(29-27)33-15-13-19-8-9-19;18-11-6-7-13-12(8-11)17(15(21)19-16(23)20-17)9-14(22-13)10-4-2-1-3-5-10;5-3-4-1-2-4/h1-5,10-11,16,18-19,24H,6-9,12-15,17H2;1-8,14H,9H2,(H2,19,20,21,23);4H,1-3H2. The van der Waals surface area contributed by atoms with Gasteiger partial charge in [-0.15, -0.1) is 0 Å². The fourth-order valence-corrected chi connectivity index (χ4v) is 11.3. The maximum atomic E-state index is 14.2. The molecule has 4 fully saturated rings. The molecule has 4 atom stereocenters. The van der Waals surface area contributed by atoms with Gasteiger partial charge in [0.05, 0.1) is 0 Å². The average Bonchev–Trinajstić information content (AvgIpc) is 4.15. The number of carbonyl (C=O) groups is 2. The largest absolute Gasteiger partial charge is 0.485 e. The van der Waals surface area contributed by atoms with Crippen LogP contribution in [0.1, 0.15) is 98.7 Å². The molecule has 0 bridgehead atoms. The molecule has 2 amide bonds. The monoisotopic (exact) mass is 1050 g/mol. The highest BCUT2D eigenvalue weighted by molar-refractivity contribution is 9.10. The van der Waals surface area contributed by atoms with E-state index in [4.69, 9.17) is 26.7 Å². The first-order chi connectivity index (χ1) is 29.6. The highest BCUT2D eigenvalue weighted by Crippen LogP contribution is 2.52. The molecular formula is C48H49Br3N4O4S2. The number of nitrogens with one attached hydrogen (secondary N) is 2. The van der Waals surface area contributed by atoms with Gasteiger partial charge >= 0.3 is 0 Å². The summed E-state index contributed by atoms with van der Waals surface area (Å²) < 4.78 is 14.4. The molecule has 318 valence electrons. The first-order valence-corrected chi connectivity index (χ1v) is 25.5. The summed E-state index contributed by atoms with van der Waals surface area (Å²) in [6.45, 7) is 0.778. The van der Waals surface area contributed by atoms with Gasteiger partial charge in [-0.1, -0.05) is 146 Å². The van der Waals surface area contributed by atoms with Crippen molar-refractivity contribution < 1.29 is 19.1 Å². The Bertz CT molecular complexity index is 2310. The zero-order chi connectivity index (χ0) is 42.1. The quantitative estimate of drug-likeness (QED) is 0.127. The van der Waals surface area contributed by atoms with Gasteiger partial charge in [0.1, 0.15) is 23.7 Å². The first-order valence-electron chi connectivity index (χ1n) is 21.4. The van der Waals surface area contributed by atoms with Crippen molar-refractivity contribution in [2.24, 2.45) is 22.7 Å². The third kappa shape index (κ3) is 9.66. The zero-order valence-corrected chi connectivity index (χ0v) is 40.2. The first kappa shape index (κ1) is 43.0. The third-order valence-corrected chi connectivity index (χ3v) is 15.6. The number of benzene rings is 4. The van der Waals surface area contributed by atoms with E-state index >= 15 is 0 Å². The Morgan fingerprint density at radius 1 is 0.738 bits per heavy atom. The zero-order valence-electron chi connectivity index (χ0n) is 33.8. The van der Waals surface area contributed by atoms with Crippen LogP contribution in [0.3, 0.4) is 0 Å². The molecule has 61 heavy (non-hydrogen) atoms. The van der Waals surface area contributed by atoms with Crippen molar-refractivity contribution in [3.05, 3.63) is 128 Å². The van der Waals surface area contributed by atoms with Crippen LogP contribution in [-0.4, -0.2) is 44.6 Å². The summed E-state index contributed by atoms with van der Waals surface area (Å²) in [5, 5.41) is 8.40. The van der Waals surface area contributed by atoms with Crippen LogP contribution in [0.2, 0.25) is 0 Å². The van der Waals surface area contributed by atoms with Crippen LogP contribution in [0.5, 0.6) is 11.5 Å². The molecule has 7 aliphatic rings. The highest BCUT2D eigenvalue weighted by Gasteiger charge is 2.55. The highest BCUT2D eigenvalue weighted by atomic mass is 79.9. The van der Waals surface area contributed by atoms with E-state index in [1.807, 2.05) is 89.8 Å². The fraction of sp³-hybridized carbons (Fsp3) is 0.417. The van der Waals surface area contributed by atoms with E-state index in [-0.39, 0.29) is 24.0 Å². The number of thioether (sulfide) groups is 1. The van der Waals surface area contributed by atoms with Gasteiger partial charge in [-0.3, -0.25) is 14.5 Å². The Hall–Kier alpha value is -3.23. The number of amides is 2. The van der Waals surface area contributed by atoms with Crippen molar-refractivity contribution >= 4 is 93.9 Å². The van der Waals surface area contributed by atoms with E-state index in [0.29, 0.717) is 23.7 Å². The molecule has 4 aromatic carbocycles. The van der Waals surface area contributed by atoms with Gasteiger partial charge in [0.25, 0.3) is 11.8 Å². The van der Waals surface area contributed by atoms with Gasteiger partial charge in [-0.05, 0) is 103 Å². The predicted molar refractivity (Wildman–Crippen MR) is 257 cm³/mol. The van der Waals surface area contributed by atoms with Crippen molar-refractivity contribution in [2.75, 3.05) is 17.6 Å². The van der Waals surface area contributed by atoms with E-state index in [1.54, 1.807) is 11.8 Å². The second-order valence-electron chi connectivity index (χ2n) is 17.2. The number of halogens is 3. The molecule has 13 heteroatoms. The summed E-state index contributed by atoms with van der Waals surface area (Å²) in [5.74, 6) is 5.20. The van der Waals surface area contributed by atoms with E-state index in [1.165, 1.54) is 50.3 Å². The minimum Gasteiger partial charge on any atom is -0.485 e. The molecule has 0 radical (unpaired) electrons. The third-order valence-electron chi connectivity index (χ3n) is 12.5. The van der Waals surface area contributed by atoms with Crippen molar-refractivity contribution in [3.8, 4) is 11.5 Å². The number of hydrogen-bond acceptors (Lipinski definition) is 7. The van der Waals surface area contributed by atoms with Crippen molar-refractivity contribution in [2.45, 2.75) is 87.5 Å². The van der Waals surface area contributed by atoms with Gasteiger partial charge < -0.3 is 20.1 Å². The molecule has 4 aliphatic heterocycles. The number of nitrogens with zero attached hydrogens (tertiary/aromatic N) is 2. The van der Waals surface area contributed by atoms with E-state index in [9.17, 15) is 9.59 Å². The normalized spacial score (nSPS) is 25.8. The minimum atomic E-state index is -0.913. The lowest BCUT2D eigenvalue weighted by Crippen LogP contribution is -2.48. The molecule has 2 spiro atoms. The van der Waals surface area contributed by atoms with Crippen LogP contribution in [-0.2, 0) is 20.7 Å². The van der Waals surface area contributed by atoms with Crippen LogP contribution in [0.15, 0.2) is 111 Å². The summed E-state index contributed by atoms with van der Waals surface area (Å²) in [6.07, 6.45) is 11.1. The maximum Gasteiger partial charge on any atom is 0.261 e. The van der Waals surface area contributed by atoms with Gasteiger partial charge in [-0.2, -0.15) is 0 Å². The van der Waals surface area contributed by atoms with Crippen LogP contribution in [0.4, 0.5) is 0 Å². The van der Waals surface area contributed by atoms with Gasteiger partial charge in [0.2, 0.25) is 0 Å². The average molecular weight is 1050 g/mol. The summed E-state index contributed by atoms with van der Waals surface area (Å²) in [6, 6.07) is 31.9. The number of aliphatic imine (C=N–C) groups is 1. The molecule has 0 aromatic heterocycles. The van der Waals surface area contributed by atoms with Crippen LogP contribution < -0.4 is 20.1 Å². The molecule has 11 rings (SSSR count). The van der Waals surface area contributed by atoms with Gasteiger partial charge in [0, 0.05) is 50.5 Å². The maximum absolute atomic E-state index is 14.2. The number of fused-ring (bicyclic) bond motifs is 4. The minimum absolute atomic E-state index is 0.126. The fourth-order valence-electron chi connectivity index (χ4n) is 8.47. The number of thiocarbonyl (C=S) groups is 1. The number of rotatable bonds is 9. The Labute approximate surface area is 393 Å². The SMILES string of the molecule is BrCC1CC1.O=C1N(CCC2CC2)C(SCCC2CC2)=NC12CC(c1ccccc1)Oc1ccc(Br)cc12.O=C1NC(=S)NC12CC(c1ccccc1)Oc1ccc(Br)cc12. The Morgan fingerprint density at radius 2 is 1.30 bits per heavy atom. The lowest BCUT2D eigenvalue weighted by molar-refractivity contribution is -0.133. The van der Waals surface area contributed by atoms with Crippen molar-refractivity contribution in [1.29, 1.82) is 0 Å². The van der Waals surface area contributed by atoms with Crippen LogP contribution in [0.25, 0.3) is 0 Å². The van der Waals surface area contributed by atoms with E-state index in [0.717, 1.165) is 78.6 Å². The molecule has 3 aliphatic carbocycles. The number of hydrogen-bond donors (Lipinski definition) is 2. The lowest BCUT2D eigenvalue weighted by Gasteiger charge is -2.38. The smallest absolute Gasteiger partial charge is 0.261 e. The lowest BCUT2D eigenvalue weighted by atomic mass is 9.80. The molecule has 3 saturated carbocycles. The van der Waals surface area contributed by atoms with E-state index < -0.39 is 11.1 Å². The molecule has 2 N–H and O–H groups in total. The molecule has 8 nitrogen and oxygen atoms in total. The number of alkyl halides is 1. The Morgan fingerprint density at radius 3 is 1.84 bits per heavy atom. The van der Waals surface area contributed by atoms with Crippen molar-refractivity contribution in [3.63, 3.8) is 0 Å². The van der Waals surface area contributed by atoms with Crippen LogP contribution in [0, 0.1) is 17.8 Å². The van der Waals surface area contributed by atoms with Gasteiger partial charge in [0.15, 0.2) is 21.4 Å². The molecule has 4 aromatic rings. The number of amidine groups is 1. The second kappa shape index (κ2) is 18.5. The molecule has 4 unspecified atom stereocenters. The summed E-state index contributed by atoms with van der Waals surface area (Å²) in [5.41, 5.74) is 2.01. The Balaban J connectivity index is 0.000000147.